The molecule has 0 radical (unpaired) electrons. The fourth-order valence-electron chi connectivity index (χ4n) is 4.09. The Morgan fingerprint density at radius 1 is 0.417 bits per heavy atom. The molecular formula is C28H16F6N2. The Balaban J connectivity index is 1.76. The maximum Gasteiger partial charge on any atom is 0.416 e. The van der Waals surface area contributed by atoms with E-state index in [1.807, 2.05) is 24.3 Å². The van der Waals surface area contributed by atoms with E-state index in [4.69, 9.17) is 0 Å². The van der Waals surface area contributed by atoms with Gasteiger partial charge in [-0.3, -0.25) is 0 Å². The molecule has 5 rings (SSSR count). The van der Waals surface area contributed by atoms with Gasteiger partial charge in [0.15, 0.2) is 0 Å². The first-order chi connectivity index (χ1) is 17.1. The molecule has 1 aliphatic carbocycles. The summed E-state index contributed by atoms with van der Waals surface area (Å²) in [5.41, 5.74) is 1.72. The fraction of sp³-hybridized carbons (Fsp3) is 0.0714. The number of rotatable bonds is 2. The Morgan fingerprint density at radius 3 is 1.14 bits per heavy atom. The van der Waals surface area contributed by atoms with E-state index < -0.39 is 23.5 Å². The van der Waals surface area contributed by atoms with Gasteiger partial charge in [-0.25, -0.2) is 9.98 Å². The van der Waals surface area contributed by atoms with Crippen molar-refractivity contribution >= 4 is 22.8 Å². The summed E-state index contributed by atoms with van der Waals surface area (Å²) in [6.45, 7) is 0. The van der Waals surface area contributed by atoms with E-state index in [-0.39, 0.29) is 22.8 Å². The molecule has 0 aromatic heterocycles. The summed E-state index contributed by atoms with van der Waals surface area (Å²) < 4.78 is 79.9. The van der Waals surface area contributed by atoms with Gasteiger partial charge in [0.25, 0.3) is 0 Å². The molecule has 8 heteroatoms. The molecule has 0 amide bonds. The van der Waals surface area contributed by atoms with Gasteiger partial charge in [0.1, 0.15) is 0 Å². The number of aliphatic imine (C=N–C) groups is 2. The van der Waals surface area contributed by atoms with Crippen molar-refractivity contribution in [3.05, 3.63) is 119 Å². The van der Waals surface area contributed by atoms with E-state index in [0.29, 0.717) is 11.1 Å². The van der Waals surface area contributed by atoms with Crippen molar-refractivity contribution in [2.45, 2.75) is 12.4 Å². The van der Waals surface area contributed by atoms with Gasteiger partial charge >= 0.3 is 12.4 Å². The molecule has 0 saturated heterocycles. The van der Waals surface area contributed by atoms with Crippen molar-refractivity contribution in [3.8, 4) is 11.1 Å². The molecule has 1 aliphatic rings. The number of alkyl halides is 6. The first-order valence-electron chi connectivity index (χ1n) is 10.8. The normalized spacial score (nSPS) is 15.6. The lowest BCUT2D eigenvalue weighted by molar-refractivity contribution is -0.138. The van der Waals surface area contributed by atoms with Crippen LogP contribution in [0.4, 0.5) is 37.7 Å². The molecule has 2 nitrogen and oxygen atoms in total. The number of fused-ring (bicyclic) bond motifs is 3. The Hall–Kier alpha value is -4.20. The Bertz CT molecular complexity index is 1400. The van der Waals surface area contributed by atoms with E-state index >= 15 is 0 Å². The molecule has 4 aromatic carbocycles. The Morgan fingerprint density at radius 2 is 0.778 bits per heavy atom. The molecule has 180 valence electrons. The van der Waals surface area contributed by atoms with Crippen LogP contribution in [-0.4, -0.2) is 11.4 Å². The van der Waals surface area contributed by atoms with Crippen LogP contribution in [0.25, 0.3) is 11.1 Å². The molecule has 4 aromatic rings. The minimum Gasteiger partial charge on any atom is -0.246 e. The van der Waals surface area contributed by atoms with Crippen molar-refractivity contribution < 1.29 is 26.3 Å². The molecule has 0 saturated carbocycles. The van der Waals surface area contributed by atoms with Crippen LogP contribution in [0.5, 0.6) is 0 Å². The second-order valence-corrected chi connectivity index (χ2v) is 8.11. The summed E-state index contributed by atoms with van der Waals surface area (Å²) in [5.74, 6) is 0. The molecule has 0 heterocycles. The van der Waals surface area contributed by atoms with E-state index in [1.54, 1.807) is 24.3 Å². The van der Waals surface area contributed by atoms with Gasteiger partial charge in [-0.1, -0.05) is 60.7 Å². The molecule has 0 unspecified atom stereocenters. The molecule has 0 atom stereocenters. The standard InChI is InChI=1S/C28H16F6N2/c29-27(30,31)17-7-5-9-19(15-17)35-25-23-13-3-1-11-21(23)22-12-2-4-14-24(22)26(25)36-20-10-6-8-18(16-20)28(32,33)34/h1-16H. The van der Waals surface area contributed by atoms with Crippen LogP contribution < -0.4 is 0 Å². The average molecular weight is 494 g/mol. The first kappa shape index (κ1) is 23.5. The van der Waals surface area contributed by atoms with Gasteiger partial charge in [-0.15, -0.1) is 0 Å². The summed E-state index contributed by atoms with van der Waals surface area (Å²) >= 11 is 0. The van der Waals surface area contributed by atoms with Gasteiger partial charge in [0.05, 0.1) is 33.9 Å². The van der Waals surface area contributed by atoms with Gasteiger partial charge in [0.2, 0.25) is 0 Å². The summed E-state index contributed by atoms with van der Waals surface area (Å²) in [6.07, 6.45) is -9.11. The van der Waals surface area contributed by atoms with Gasteiger partial charge in [-0.2, -0.15) is 26.3 Å². The van der Waals surface area contributed by atoms with Crippen LogP contribution in [0.3, 0.4) is 0 Å². The van der Waals surface area contributed by atoms with Crippen LogP contribution in [0.1, 0.15) is 22.3 Å². The highest BCUT2D eigenvalue weighted by atomic mass is 19.4. The van der Waals surface area contributed by atoms with E-state index in [0.717, 1.165) is 35.4 Å². The van der Waals surface area contributed by atoms with Crippen LogP contribution in [0, 0.1) is 0 Å². The fourth-order valence-corrected chi connectivity index (χ4v) is 4.09. The third-order valence-electron chi connectivity index (χ3n) is 5.71. The van der Waals surface area contributed by atoms with Crippen LogP contribution in [0.15, 0.2) is 107 Å². The topological polar surface area (TPSA) is 24.7 Å². The van der Waals surface area contributed by atoms with Crippen molar-refractivity contribution in [2.24, 2.45) is 9.98 Å². The summed E-state index contributed by atoms with van der Waals surface area (Å²) in [4.78, 5) is 9.09. The molecule has 0 spiro atoms. The van der Waals surface area contributed by atoms with Crippen LogP contribution in [-0.2, 0) is 12.4 Å². The van der Waals surface area contributed by atoms with Crippen LogP contribution >= 0.6 is 0 Å². The van der Waals surface area contributed by atoms with Gasteiger partial charge in [-0.05, 0) is 47.5 Å². The van der Waals surface area contributed by atoms with Gasteiger partial charge in [0, 0.05) is 11.1 Å². The number of hydrogen-bond donors (Lipinski definition) is 0. The van der Waals surface area contributed by atoms with Crippen molar-refractivity contribution in [2.75, 3.05) is 0 Å². The third kappa shape index (κ3) is 4.54. The average Bonchev–Trinajstić information content (AvgIpc) is 2.85. The van der Waals surface area contributed by atoms with Crippen molar-refractivity contribution in [1.82, 2.24) is 0 Å². The van der Waals surface area contributed by atoms with Crippen LogP contribution in [0.2, 0.25) is 0 Å². The second kappa shape index (κ2) is 8.78. The molecule has 36 heavy (non-hydrogen) atoms. The number of halogens is 6. The highest BCUT2D eigenvalue weighted by molar-refractivity contribution is 6.57. The zero-order valence-electron chi connectivity index (χ0n) is 18.4. The van der Waals surface area contributed by atoms with Crippen molar-refractivity contribution in [1.29, 1.82) is 0 Å². The van der Waals surface area contributed by atoms with E-state index in [1.165, 1.54) is 24.3 Å². The van der Waals surface area contributed by atoms with E-state index in [9.17, 15) is 26.3 Å². The predicted molar refractivity (Wildman–Crippen MR) is 127 cm³/mol. The Labute approximate surface area is 202 Å². The highest BCUT2D eigenvalue weighted by Crippen LogP contribution is 2.38. The molecule has 0 N–H and O–H groups in total. The molecular weight excluding hydrogens is 478 g/mol. The molecule has 0 fully saturated rings. The maximum atomic E-state index is 13.3. The molecule has 0 aliphatic heterocycles. The summed E-state index contributed by atoms with van der Waals surface area (Å²) in [5, 5.41) is 0. The van der Waals surface area contributed by atoms with Gasteiger partial charge < -0.3 is 0 Å². The Kier molecular flexibility index (Phi) is 5.74. The first-order valence-corrected chi connectivity index (χ1v) is 10.8. The third-order valence-corrected chi connectivity index (χ3v) is 5.71. The van der Waals surface area contributed by atoms with E-state index in [2.05, 4.69) is 9.98 Å². The minimum absolute atomic E-state index is 0.0470. The number of hydrogen-bond acceptors (Lipinski definition) is 2. The van der Waals surface area contributed by atoms with Crippen molar-refractivity contribution in [3.63, 3.8) is 0 Å². The SMILES string of the molecule is FC(F)(F)c1cccc(N=C2C(=Nc3cccc(C(F)(F)F)c3)c3ccccc3-c3ccccc32)c1. The maximum absolute atomic E-state index is 13.3. The number of benzene rings is 4. The highest BCUT2D eigenvalue weighted by Gasteiger charge is 2.32. The second-order valence-electron chi connectivity index (χ2n) is 8.11. The predicted octanol–water partition coefficient (Wildman–Crippen LogP) is 8.65. The zero-order valence-corrected chi connectivity index (χ0v) is 18.4. The number of nitrogens with zero attached hydrogens (tertiary/aromatic N) is 2. The quantitative estimate of drug-likeness (QED) is 0.249. The lowest BCUT2D eigenvalue weighted by atomic mass is 9.82. The monoisotopic (exact) mass is 494 g/mol. The lowest BCUT2D eigenvalue weighted by Crippen LogP contribution is -2.23. The lowest BCUT2D eigenvalue weighted by Gasteiger charge is -2.23. The molecule has 0 bridgehead atoms. The smallest absolute Gasteiger partial charge is 0.246 e. The minimum atomic E-state index is -4.55. The summed E-state index contributed by atoms with van der Waals surface area (Å²) in [7, 11) is 0. The largest absolute Gasteiger partial charge is 0.416 e. The zero-order chi connectivity index (χ0) is 25.5. The summed E-state index contributed by atoms with van der Waals surface area (Å²) in [6, 6.07) is 23.6.